The third-order valence-corrected chi connectivity index (χ3v) is 5.39. The monoisotopic (exact) mass is 436 g/mol. The summed E-state index contributed by atoms with van der Waals surface area (Å²) in [6, 6.07) is 0.550. The molecular weight excluding hydrogens is 407 g/mol. The molecule has 0 aliphatic heterocycles. The number of aryl methyl sites for hydroxylation is 2. The molecule has 0 atom stereocenters. The molecule has 22 heavy (non-hydrogen) atoms. The normalized spacial score (nSPS) is 18.7. The summed E-state index contributed by atoms with van der Waals surface area (Å²) in [6.45, 7) is 9.66. The molecule has 0 radical (unpaired) electrons. The van der Waals surface area contributed by atoms with E-state index in [1.54, 1.807) is 11.3 Å². The van der Waals surface area contributed by atoms with E-state index < -0.39 is 0 Å². The Labute approximate surface area is 155 Å². The quantitative estimate of drug-likeness (QED) is 0.428. The molecule has 6 heteroatoms. The molecule has 0 bridgehead atoms. The van der Waals surface area contributed by atoms with Gasteiger partial charge in [-0.25, -0.2) is 4.98 Å². The summed E-state index contributed by atoms with van der Waals surface area (Å²) in [4.78, 5) is 10.1. The number of halogens is 1. The van der Waals surface area contributed by atoms with Gasteiger partial charge in [0.2, 0.25) is 0 Å². The zero-order valence-corrected chi connectivity index (χ0v) is 17.5. The van der Waals surface area contributed by atoms with Crippen molar-refractivity contribution < 1.29 is 0 Å². The molecule has 0 amide bonds. The summed E-state index contributed by atoms with van der Waals surface area (Å²) in [5.41, 5.74) is 1.63. The molecule has 0 spiro atoms. The van der Waals surface area contributed by atoms with Crippen LogP contribution in [0.4, 0.5) is 0 Å². The second-order valence-electron chi connectivity index (χ2n) is 6.75. The van der Waals surface area contributed by atoms with Crippen molar-refractivity contribution >= 4 is 41.3 Å². The van der Waals surface area contributed by atoms with E-state index in [9.17, 15) is 0 Å². The third-order valence-electron chi connectivity index (χ3n) is 4.32. The number of rotatable bonds is 3. The molecule has 4 nitrogen and oxygen atoms in total. The van der Waals surface area contributed by atoms with Crippen LogP contribution in [0.5, 0.6) is 0 Å². The molecule has 0 aromatic carbocycles. The van der Waals surface area contributed by atoms with Gasteiger partial charge in [0.1, 0.15) is 0 Å². The fourth-order valence-electron chi connectivity index (χ4n) is 2.83. The lowest BCUT2D eigenvalue weighted by atomic mass is 9.75. The number of aromatic nitrogens is 1. The van der Waals surface area contributed by atoms with Gasteiger partial charge in [0.15, 0.2) is 5.96 Å². The summed E-state index contributed by atoms with van der Waals surface area (Å²) in [7, 11) is 1.84. The molecular formula is C16H29IN4S. The first kappa shape index (κ1) is 19.7. The van der Waals surface area contributed by atoms with Crippen molar-refractivity contribution in [1.29, 1.82) is 0 Å². The van der Waals surface area contributed by atoms with Gasteiger partial charge in [-0.15, -0.1) is 35.3 Å². The molecule has 2 rings (SSSR count). The average Bonchev–Trinajstić information content (AvgIpc) is 2.75. The molecule has 1 aliphatic rings. The van der Waals surface area contributed by atoms with E-state index in [2.05, 4.69) is 48.3 Å². The number of guanidine groups is 1. The lowest BCUT2D eigenvalue weighted by molar-refractivity contribution is 0.216. The van der Waals surface area contributed by atoms with Gasteiger partial charge in [0, 0.05) is 18.0 Å². The second kappa shape index (κ2) is 8.47. The first-order chi connectivity index (χ1) is 9.89. The van der Waals surface area contributed by atoms with Gasteiger partial charge in [0.05, 0.1) is 17.2 Å². The van der Waals surface area contributed by atoms with E-state index in [4.69, 9.17) is 0 Å². The Bertz CT molecular complexity index is 500. The van der Waals surface area contributed by atoms with E-state index in [0.29, 0.717) is 11.5 Å². The molecule has 2 N–H and O–H groups in total. The Hall–Kier alpha value is -0.370. The van der Waals surface area contributed by atoms with Crippen LogP contribution in [0.25, 0.3) is 0 Å². The Morgan fingerprint density at radius 3 is 2.45 bits per heavy atom. The van der Waals surface area contributed by atoms with Gasteiger partial charge < -0.3 is 10.6 Å². The van der Waals surface area contributed by atoms with Crippen LogP contribution in [0, 0.1) is 19.3 Å². The zero-order valence-electron chi connectivity index (χ0n) is 14.3. The van der Waals surface area contributed by atoms with Crippen molar-refractivity contribution in [2.24, 2.45) is 10.4 Å². The number of hydrogen-bond donors (Lipinski definition) is 2. The topological polar surface area (TPSA) is 49.3 Å². The minimum atomic E-state index is 0. The highest BCUT2D eigenvalue weighted by Gasteiger charge is 2.27. The van der Waals surface area contributed by atoms with Gasteiger partial charge in [-0.1, -0.05) is 13.8 Å². The SMILES string of the molecule is CN=C(NCc1sc(C)nc1C)NC1CCC(C)(C)CC1.I. The molecule has 126 valence electrons. The molecule has 0 unspecified atom stereocenters. The average molecular weight is 436 g/mol. The molecule has 1 aromatic rings. The molecule has 1 aromatic heterocycles. The van der Waals surface area contributed by atoms with Gasteiger partial charge in [-0.2, -0.15) is 0 Å². The number of nitrogens with one attached hydrogen (secondary N) is 2. The van der Waals surface area contributed by atoms with Crippen LogP contribution in [0.3, 0.4) is 0 Å². The van der Waals surface area contributed by atoms with Crippen molar-refractivity contribution in [3.05, 3.63) is 15.6 Å². The minimum Gasteiger partial charge on any atom is -0.354 e. The van der Waals surface area contributed by atoms with Gasteiger partial charge in [0.25, 0.3) is 0 Å². The maximum Gasteiger partial charge on any atom is 0.191 e. The van der Waals surface area contributed by atoms with Crippen LogP contribution in [0.15, 0.2) is 4.99 Å². The van der Waals surface area contributed by atoms with Crippen LogP contribution in [-0.4, -0.2) is 24.0 Å². The Kier molecular flexibility index (Phi) is 7.58. The number of thiazole rings is 1. The van der Waals surface area contributed by atoms with E-state index in [-0.39, 0.29) is 24.0 Å². The van der Waals surface area contributed by atoms with E-state index in [0.717, 1.165) is 23.2 Å². The van der Waals surface area contributed by atoms with Crippen molar-refractivity contribution in [3.8, 4) is 0 Å². The zero-order chi connectivity index (χ0) is 15.5. The maximum atomic E-state index is 4.46. The van der Waals surface area contributed by atoms with Gasteiger partial charge in [-0.05, 0) is 44.9 Å². The van der Waals surface area contributed by atoms with Crippen LogP contribution in [0.1, 0.15) is 55.1 Å². The summed E-state index contributed by atoms with van der Waals surface area (Å²) in [6.07, 6.45) is 5.03. The van der Waals surface area contributed by atoms with Crippen molar-refractivity contribution in [2.45, 2.75) is 66.0 Å². The van der Waals surface area contributed by atoms with Crippen LogP contribution < -0.4 is 10.6 Å². The maximum absolute atomic E-state index is 4.46. The van der Waals surface area contributed by atoms with Crippen LogP contribution in [-0.2, 0) is 6.54 Å². The Balaban J connectivity index is 0.00000242. The number of aliphatic imine (C=N–C) groups is 1. The highest BCUT2D eigenvalue weighted by atomic mass is 127. The van der Waals surface area contributed by atoms with E-state index >= 15 is 0 Å². The Morgan fingerprint density at radius 1 is 1.32 bits per heavy atom. The molecule has 1 saturated carbocycles. The van der Waals surface area contributed by atoms with E-state index in [1.165, 1.54) is 30.6 Å². The summed E-state index contributed by atoms with van der Waals surface area (Å²) >= 11 is 1.76. The largest absolute Gasteiger partial charge is 0.354 e. The van der Waals surface area contributed by atoms with Gasteiger partial charge in [-0.3, -0.25) is 4.99 Å². The molecule has 0 saturated heterocycles. The van der Waals surface area contributed by atoms with Crippen molar-refractivity contribution in [3.63, 3.8) is 0 Å². The minimum absolute atomic E-state index is 0. The highest BCUT2D eigenvalue weighted by Crippen LogP contribution is 2.34. The predicted molar refractivity (Wildman–Crippen MR) is 106 cm³/mol. The number of hydrogen-bond acceptors (Lipinski definition) is 3. The van der Waals surface area contributed by atoms with Crippen molar-refractivity contribution in [2.75, 3.05) is 7.05 Å². The lowest BCUT2D eigenvalue weighted by Gasteiger charge is -2.35. The van der Waals surface area contributed by atoms with Crippen LogP contribution in [0.2, 0.25) is 0 Å². The van der Waals surface area contributed by atoms with Gasteiger partial charge >= 0.3 is 0 Å². The first-order valence-corrected chi connectivity index (χ1v) is 8.61. The van der Waals surface area contributed by atoms with Crippen LogP contribution >= 0.6 is 35.3 Å². The fraction of sp³-hybridized carbons (Fsp3) is 0.750. The Morgan fingerprint density at radius 2 is 1.95 bits per heavy atom. The van der Waals surface area contributed by atoms with Crippen molar-refractivity contribution in [1.82, 2.24) is 15.6 Å². The second-order valence-corrected chi connectivity index (χ2v) is 8.04. The standard InChI is InChI=1S/C16H28N4S.HI/c1-11-14(21-12(2)19-11)10-18-15(17-5)20-13-6-8-16(3,4)9-7-13;/h13H,6-10H2,1-5H3,(H2,17,18,20);1H. The summed E-state index contributed by atoms with van der Waals surface area (Å²) in [5.74, 6) is 0.908. The smallest absolute Gasteiger partial charge is 0.191 e. The molecule has 1 fully saturated rings. The predicted octanol–water partition coefficient (Wildman–Crippen LogP) is 4.01. The molecule has 1 heterocycles. The molecule has 1 aliphatic carbocycles. The summed E-state index contributed by atoms with van der Waals surface area (Å²) in [5, 5.41) is 8.11. The highest BCUT2D eigenvalue weighted by molar-refractivity contribution is 14.0. The summed E-state index contributed by atoms with van der Waals surface area (Å²) < 4.78 is 0. The van der Waals surface area contributed by atoms with E-state index in [1.807, 2.05) is 7.05 Å². The first-order valence-electron chi connectivity index (χ1n) is 7.80. The number of nitrogens with zero attached hydrogens (tertiary/aromatic N) is 2. The lowest BCUT2D eigenvalue weighted by Crippen LogP contribution is -2.45. The third kappa shape index (κ3) is 5.68. The fourth-order valence-corrected chi connectivity index (χ4v) is 3.71.